The van der Waals surface area contributed by atoms with Gasteiger partial charge in [0, 0.05) is 16.7 Å². The molecule has 0 aliphatic rings. The monoisotopic (exact) mass is 610 g/mol. The summed E-state index contributed by atoms with van der Waals surface area (Å²) >= 11 is 0. The number of nitrogens with zero attached hydrogens (tertiary/aromatic N) is 2. The Morgan fingerprint density at radius 2 is 0.583 bits per heavy atom. The molecule has 0 N–H and O–H groups in total. The molecule has 48 heavy (non-hydrogen) atoms. The first-order valence-electron chi connectivity index (χ1n) is 16.3. The largest absolute Gasteiger partial charge is 0.228 e. The second-order valence-corrected chi connectivity index (χ2v) is 12.2. The molecule has 2 nitrogen and oxygen atoms in total. The zero-order chi connectivity index (χ0) is 31.9. The lowest BCUT2D eigenvalue weighted by atomic mass is 9.92. The molecular weight excluding hydrogens is 581 g/mol. The summed E-state index contributed by atoms with van der Waals surface area (Å²) in [5.74, 6) is 0.716. The van der Waals surface area contributed by atoms with E-state index < -0.39 is 0 Å². The molecule has 0 fully saturated rings. The fraction of sp³-hybridized carbons (Fsp3) is 0. The molecule has 0 spiro atoms. The Balaban J connectivity index is 1.05. The van der Waals surface area contributed by atoms with E-state index in [-0.39, 0.29) is 0 Å². The average molecular weight is 611 g/mol. The van der Waals surface area contributed by atoms with Gasteiger partial charge < -0.3 is 0 Å². The van der Waals surface area contributed by atoms with Crippen molar-refractivity contribution in [2.75, 3.05) is 0 Å². The van der Waals surface area contributed by atoms with Crippen LogP contribution in [0.3, 0.4) is 0 Å². The van der Waals surface area contributed by atoms with E-state index in [1.807, 2.05) is 36.4 Å². The van der Waals surface area contributed by atoms with Crippen LogP contribution in [-0.2, 0) is 0 Å². The lowest BCUT2D eigenvalue weighted by molar-refractivity contribution is 1.18. The van der Waals surface area contributed by atoms with Crippen molar-refractivity contribution in [2.24, 2.45) is 0 Å². The van der Waals surface area contributed by atoms with Gasteiger partial charge >= 0.3 is 0 Å². The number of fused-ring (bicyclic) bond motifs is 6. The molecule has 9 aromatic rings. The molecule has 2 heteroatoms. The third-order valence-corrected chi connectivity index (χ3v) is 9.30. The molecule has 0 amide bonds. The number of hydrogen-bond acceptors (Lipinski definition) is 2. The maximum Gasteiger partial charge on any atom is 0.160 e. The number of hydrogen-bond donors (Lipinski definition) is 0. The SMILES string of the molecule is c1ccc(-c2cc(-c3ccccc3)nc(-c3ccc(-c4ccc(-c5ccc6c7ccccc7c7ccccc7c6c5)cc4)cc3)n2)cc1. The zero-order valence-corrected chi connectivity index (χ0v) is 26.2. The molecule has 0 saturated heterocycles. The Morgan fingerprint density at radius 3 is 1.06 bits per heavy atom. The van der Waals surface area contributed by atoms with E-state index in [9.17, 15) is 0 Å². The highest BCUT2D eigenvalue weighted by molar-refractivity contribution is 6.25. The predicted octanol–water partition coefficient (Wildman–Crippen LogP) is 12.3. The van der Waals surface area contributed by atoms with Crippen LogP contribution in [0.1, 0.15) is 0 Å². The number of aromatic nitrogens is 2. The molecule has 1 aromatic heterocycles. The Hall–Kier alpha value is -6.38. The minimum Gasteiger partial charge on any atom is -0.228 e. The van der Waals surface area contributed by atoms with Gasteiger partial charge in [0.2, 0.25) is 0 Å². The van der Waals surface area contributed by atoms with Crippen molar-refractivity contribution in [3.8, 4) is 56.2 Å². The molecule has 0 atom stereocenters. The normalized spacial score (nSPS) is 11.3. The Morgan fingerprint density at radius 1 is 0.229 bits per heavy atom. The summed E-state index contributed by atoms with van der Waals surface area (Å²) < 4.78 is 0. The lowest BCUT2D eigenvalue weighted by Crippen LogP contribution is -1.95. The highest BCUT2D eigenvalue weighted by atomic mass is 14.9. The van der Waals surface area contributed by atoms with Crippen LogP contribution in [0.5, 0.6) is 0 Å². The summed E-state index contributed by atoms with van der Waals surface area (Å²) in [6.07, 6.45) is 0. The van der Waals surface area contributed by atoms with Crippen LogP contribution in [-0.4, -0.2) is 9.97 Å². The molecule has 0 bridgehead atoms. The summed E-state index contributed by atoms with van der Waals surface area (Å²) in [6, 6.07) is 64.5. The van der Waals surface area contributed by atoms with Gasteiger partial charge in [-0.05, 0) is 66.7 Å². The summed E-state index contributed by atoms with van der Waals surface area (Å²) in [6.45, 7) is 0. The van der Waals surface area contributed by atoms with E-state index in [0.29, 0.717) is 5.82 Å². The van der Waals surface area contributed by atoms with Crippen molar-refractivity contribution in [3.63, 3.8) is 0 Å². The first-order chi connectivity index (χ1) is 23.8. The molecule has 224 valence electrons. The van der Waals surface area contributed by atoms with E-state index in [0.717, 1.165) is 33.6 Å². The van der Waals surface area contributed by atoms with Crippen molar-refractivity contribution in [1.29, 1.82) is 0 Å². The van der Waals surface area contributed by atoms with Crippen molar-refractivity contribution >= 4 is 32.3 Å². The van der Waals surface area contributed by atoms with Crippen molar-refractivity contribution in [3.05, 3.63) is 182 Å². The lowest BCUT2D eigenvalue weighted by Gasteiger charge is -2.12. The summed E-state index contributed by atoms with van der Waals surface area (Å²) in [5, 5.41) is 7.76. The molecule has 0 unspecified atom stereocenters. The van der Waals surface area contributed by atoms with Crippen LogP contribution in [0.2, 0.25) is 0 Å². The number of rotatable bonds is 5. The highest BCUT2D eigenvalue weighted by Crippen LogP contribution is 2.37. The molecule has 0 saturated carbocycles. The molecule has 1 heterocycles. The van der Waals surface area contributed by atoms with Gasteiger partial charge in [0.25, 0.3) is 0 Å². The van der Waals surface area contributed by atoms with E-state index in [1.165, 1.54) is 49.0 Å². The second-order valence-electron chi connectivity index (χ2n) is 12.2. The first kappa shape index (κ1) is 27.9. The first-order valence-corrected chi connectivity index (χ1v) is 16.3. The van der Waals surface area contributed by atoms with Crippen LogP contribution < -0.4 is 0 Å². The maximum absolute atomic E-state index is 4.99. The third kappa shape index (κ3) is 5.01. The van der Waals surface area contributed by atoms with Crippen molar-refractivity contribution in [1.82, 2.24) is 9.97 Å². The zero-order valence-electron chi connectivity index (χ0n) is 26.2. The van der Waals surface area contributed by atoms with Gasteiger partial charge in [-0.25, -0.2) is 9.97 Å². The Bertz CT molecular complexity index is 2480. The van der Waals surface area contributed by atoms with E-state index in [4.69, 9.17) is 9.97 Å². The molecule has 0 aliphatic carbocycles. The van der Waals surface area contributed by atoms with Gasteiger partial charge in [-0.15, -0.1) is 0 Å². The predicted molar refractivity (Wildman–Crippen MR) is 202 cm³/mol. The Kier molecular flexibility index (Phi) is 6.84. The van der Waals surface area contributed by atoms with E-state index >= 15 is 0 Å². The molecule has 0 radical (unpaired) electrons. The third-order valence-electron chi connectivity index (χ3n) is 9.30. The van der Waals surface area contributed by atoms with Crippen molar-refractivity contribution < 1.29 is 0 Å². The average Bonchev–Trinajstić information content (AvgIpc) is 3.18. The smallest absolute Gasteiger partial charge is 0.160 e. The molecule has 8 aromatic carbocycles. The van der Waals surface area contributed by atoms with E-state index in [1.54, 1.807) is 0 Å². The van der Waals surface area contributed by atoms with Crippen LogP contribution in [0.4, 0.5) is 0 Å². The summed E-state index contributed by atoms with van der Waals surface area (Å²) in [7, 11) is 0. The van der Waals surface area contributed by atoms with Crippen LogP contribution in [0, 0.1) is 0 Å². The van der Waals surface area contributed by atoms with Gasteiger partial charge in [-0.1, -0.05) is 170 Å². The summed E-state index contributed by atoms with van der Waals surface area (Å²) in [5.41, 5.74) is 9.70. The fourth-order valence-corrected chi connectivity index (χ4v) is 6.84. The number of benzene rings is 8. The quantitative estimate of drug-likeness (QED) is 0.181. The summed E-state index contributed by atoms with van der Waals surface area (Å²) in [4.78, 5) is 9.99. The topological polar surface area (TPSA) is 25.8 Å². The van der Waals surface area contributed by atoms with Gasteiger partial charge in [-0.3, -0.25) is 0 Å². The van der Waals surface area contributed by atoms with Crippen molar-refractivity contribution in [2.45, 2.75) is 0 Å². The molecular formula is C46H30N2. The van der Waals surface area contributed by atoms with Crippen LogP contribution in [0.25, 0.3) is 88.5 Å². The Labute approximate surface area is 279 Å². The maximum atomic E-state index is 4.99. The molecule has 9 rings (SSSR count). The minimum atomic E-state index is 0.716. The molecule has 0 aliphatic heterocycles. The standard InChI is InChI=1S/C46H30N2/c1-3-11-34(12-4-1)44-30-45(35-13-5-2-6-14-35)48-46(47-44)36-25-23-32(24-26-36)31-19-21-33(22-20-31)37-27-28-42-40-17-8-7-15-38(40)39-16-9-10-18-41(39)43(42)29-37/h1-30H. The van der Waals surface area contributed by atoms with Gasteiger partial charge in [0.05, 0.1) is 11.4 Å². The van der Waals surface area contributed by atoms with Crippen LogP contribution >= 0.6 is 0 Å². The minimum absolute atomic E-state index is 0.716. The highest BCUT2D eigenvalue weighted by Gasteiger charge is 2.12. The van der Waals surface area contributed by atoms with Gasteiger partial charge in [0.15, 0.2) is 5.82 Å². The van der Waals surface area contributed by atoms with Gasteiger partial charge in [0.1, 0.15) is 0 Å². The fourth-order valence-electron chi connectivity index (χ4n) is 6.84. The van der Waals surface area contributed by atoms with Gasteiger partial charge in [-0.2, -0.15) is 0 Å². The van der Waals surface area contributed by atoms with E-state index in [2.05, 4.69) is 146 Å². The second kappa shape index (κ2) is 11.8. The van der Waals surface area contributed by atoms with Crippen LogP contribution in [0.15, 0.2) is 182 Å².